The Hall–Kier alpha value is -4.38. The van der Waals surface area contributed by atoms with E-state index in [-0.39, 0.29) is 10.8 Å². The van der Waals surface area contributed by atoms with Crippen molar-refractivity contribution in [1.82, 2.24) is 15.0 Å². The molecule has 0 aliphatic rings. The molecule has 0 saturated heterocycles. The van der Waals surface area contributed by atoms with Gasteiger partial charge >= 0.3 is 5.97 Å². The third kappa shape index (κ3) is 5.15. The van der Waals surface area contributed by atoms with Crippen molar-refractivity contribution in [3.8, 4) is 22.6 Å². The van der Waals surface area contributed by atoms with Gasteiger partial charge in [0.15, 0.2) is 11.7 Å². The predicted octanol–water partition coefficient (Wildman–Crippen LogP) is 4.52. The van der Waals surface area contributed by atoms with Gasteiger partial charge in [0.05, 0.1) is 21.9 Å². The molecule has 0 fully saturated rings. The molecule has 11 heteroatoms. The number of aryl methyl sites for hydroxylation is 2. The van der Waals surface area contributed by atoms with Crippen molar-refractivity contribution < 1.29 is 19.2 Å². The molecule has 10 nitrogen and oxygen atoms in total. The van der Waals surface area contributed by atoms with Crippen LogP contribution in [-0.2, 0) is 9.53 Å². The normalized spacial score (nSPS) is 10.6. The summed E-state index contributed by atoms with van der Waals surface area (Å²) in [5, 5.41) is 15.5. The maximum absolute atomic E-state index is 12.3. The molecule has 0 radical (unpaired) electrons. The van der Waals surface area contributed by atoms with Crippen molar-refractivity contribution in [1.29, 1.82) is 0 Å². The molecule has 0 saturated carbocycles. The Balaban J connectivity index is 1.32. The lowest BCUT2D eigenvalue weighted by atomic mass is 10.1. The number of non-ortho nitro benzene ring substituents is 1. The lowest BCUT2D eigenvalue weighted by Crippen LogP contribution is -2.20. The average molecular weight is 478 g/mol. The van der Waals surface area contributed by atoms with Crippen molar-refractivity contribution in [2.24, 2.45) is 0 Å². The van der Waals surface area contributed by atoms with E-state index in [9.17, 15) is 19.7 Å². The van der Waals surface area contributed by atoms with Gasteiger partial charge in [0.1, 0.15) is 5.82 Å². The molecule has 172 valence electrons. The van der Waals surface area contributed by atoms with Crippen molar-refractivity contribution in [2.45, 2.75) is 13.8 Å². The third-order valence-electron chi connectivity index (χ3n) is 4.96. The van der Waals surface area contributed by atoms with Crippen LogP contribution < -0.4 is 5.32 Å². The smallest absolute Gasteiger partial charge is 0.338 e. The van der Waals surface area contributed by atoms with Crippen LogP contribution in [0.3, 0.4) is 0 Å². The lowest BCUT2D eigenvalue weighted by Gasteiger charge is -2.05. The van der Waals surface area contributed by atoms with Crippen molar-refractivity contribution in [2.75, 3.05) is 11.9 Å². The molecular weight excluding hydrogens is 458 g/mol. The van der Waals surface area contributed by atoms with Gasteiger partial charge in [-0.05, 0) is 26.0 Å². The Kier molecular flexibility index (Phi) is 6.46. The van der Waals surface area contributed by atoms with Gasteiger partial charge in [0.25, 0.3) is 11.6 Å². The van der Waals surface area contributed by atoms with Gasteiger partial charge in [0.2, 0.25) is 0 Å². The van der Waals surface area contributed by atoms with Crippen LogP contribution in [0.15, 0.2) is 53.9 Å². The number of carbonyl (C=O) groups is 2. The maximum atomic E-state index is 12.3. The number of hydrogen-bond donors (Lipinski definition) is 2. The summed E-state index contributed by atoms with van der Waals surface area (Å²) in [5.41, 5.74) is 4.01. The van der Waals surface area contributed by atoms with E-state index in [4.69, 9.17) is 4.74 Å². The second kappa shape index (κ2) is 9.63. The number of esters is 1. The summed E-state index contributed by atoms with van der Waals surface area (Å²) in [7, 11) is 0. The van der Waals surface area contributed by atoms with Gasteiger partial charge in [0, 0.05) is 34.3 Å². The predicted molar refractivity (Wildman–Crippen MR) is 127 cm³/mol. The number of H-pyrrole nitrogens is 1. The Labute approximate surface area is 197 Å². The van der Waals surface area contributed by atoms with Crippen LogP contribution in [0, 0.1) is 24.0 Å². The summed E-state index contributed by atoms with van der Waals surface area (Å²) in [6.45, 7) is 3.36. The van der Waals surface area contributed by atoms with Crippen LogP contribution >= 0.6 is 11.3 Å². The van der Waals surface area contributed by atoms with E-state index in [1.165, 1.54) is 12.1 Å². The van der Waals surface area contributed by atoms with E-state index in [1.54, 1.807) is 41.8 Å². The maximum Gasteiger partial charge on any atom is 0.338 e. The molecule has 0 aliphatic heterocycles. The summed E-state index contributed by atoms with van der Waals surface area (Å²) in [4.78, 5) is 46.8. The van der Waals surface area contributed by atoms with Crippen LogP contribution in [0.1, 0.15) is 21.7 Å². The zero-order valence-corrected chi connectivity index (χ0v) is 19.0. The van der Waals surface area contributed by atoms with Crippen LogP contribution in [0.4, 0.5) is 10.8 Å². The number of hydrogen-bond acceptors (Lipinski definition) is 8. The summed E-state index contributed by atoms with van der Waals surface area (Å²) < 4.78 is 5.09. The second-order valence-corrected chi connectivity index (χ2v) is 8.20. The number of carbonyl (C=O) groups excluding carboxylic acids is 2. The number of aromatic amines is 1. The number of thiazole rings is 1. The number of anilines is 1. The minimum atomic E-state index is -0.634. The highest BCUT2D eigenvalue weighted by molar-refractivity contribution is 7.14. The highest BCUT2D eigenvalue weighted by Crippen LogP contribution is 2.27. The van der Waals surface area contributed by atoms with Crippen molar-refractivity contribution in [3.05, 3.63) is 81.0 Å². The lowest BCUT2D eigenvalue weighted by molar-refractivity contribution is -0.384. The zero-order chi connectivity index (χ0) is 24.2. The zero-order valence-electron chi connectivity index (χ0n) is 18.2. The van der Waals surface area contributed by atoms with Crippen LogP contribution in [0.25, 0.3) is 22.6 Å². The molecule has 34 heavy (non-hydrogen) atoms. The standard InChI is InChI=1S/C23H19N5O5S/c1-13-14(2)25-21(24-13)15-6-8-16(9-7-15)22(30)33-11-20(29)27-23-26-19(12-34-23)17-4-3-5-18(10-17)28(31)32/h3-10,12H,11H2,1-2H3,(H,24,25)(H,26,27,29). The van der Waals surface area contributed by atoms with Gasteiger partial charge in [-0.3, -0.25) is 20.2 Å². The third-order valence-corrected chi connectivity index (χ3v) is 5.72. The molecule has 0 bridgehead atoms. The second-order valence-electron chi connectivity index (χ2n) is 7.34. The van der Waals surface area contributed by atoms with Crippen molar-refractivity contribution in [3.63, 3.8) is 0 Å². The summed E-state index contributed by atoms with van der Waals surface area (Å²) >= 11 is 1.16. The average Bonchev–Trinajstić information content (AvgIpc) is 3.44. The molecule has 1 amide bonds. The molecule has 2 aromatic heterocycles. The van der Waals surface area contributed by atoms with E-state index in [0.717, 1.165) is 28.3 Å². The Bertz CT molecular complexity index is 1360. The van der Waals surface area contributed by atoms with E-state index in [0.29, 0.717) is 22.6 Å². The van der Waals surface area contributed by atoms with Gasteiger partial charge in [-0.25, -0.2) is 14.8 Å². The number of amides is 1. The van der Waals surface area contributed by atoms with E-state index < -0.39 is 23.4 Å². The van der Waals surface area contributed by atoms with Gasteiger partial charge in [-0.1, -0.05) is 24.3 Å². The molecule has 0 aliphatic carbocycles. The van der Waals surface area contributed by atoms with Crippen LogP contribution in [-0.4, -0.2) is 38.4 Å². The van der Waals surface area contributed by atoms with E-state index in [2.05, 4.69) is 20.3 Å². The number of ether oxygens (including phenoxy) is 1. The van der Waals surface area contributed by atoms with Crippen LogP contribution in [0.5, 0.6) is 0 Å². The summed E-state index contributed by atoms with van der Waals surface area (Å²) in [6, 6.07) is 12.8. The number of nitrogens with zero attached hydrogens (tertiary/aromatic N) is 3. The number of rotatable bonds is 7. The fourth-order valence-corrected chi connectivity index (χ4v) is 3.80. The molecule has 2 aromatic carbocycles. The number of nitro benzene ring substituents is 1. The fourth-order valence-electron chi connectivity index (χ4n) is 3.06. The summed E-state index contributed by atoms with van der Waals surface area (Å²) in [6.07, 6.45) is 0. The Morgan fingerprint density at radius 2 is 1.88 bits per heavy atom. The first kappa shape index (κ1) is 22.8. The SMILES string of the molecule is Cc1nc(-c2ccc(C(=O)OCC(=O)Nc3nc(-c4cccc([N+](=O)[O-])c4)cs3)cc2)[nH]c1C. The highest BCUT2D eigenvalue weighted by Gasteiger charge is 2.14. The molecule has 2 N–H and O–H groups in total. The van der Waals surface area contributed by atoms with Crippen molar-refractivity contribution >= 4 is 34.0 Å². The topological polar surface area (TPSA) is 140 Å². The first-order valence-electron chi connectivity index (χ1n) is 10.1. The van der Waals surface area contributed by atoms with Gasteiger partial charge < -0.3 is 9.72 Å². The van der Waals surface area contributed by atoms with Gasteiger partial charge in [-0.2, -0.15) is 0 Å². The largest absolute Gasteiger partial charge is 0.452 e. The number of nitrogens with one attached hydrogen (secondary N) is 2. The van der Waals surface area contributed by atoms with Crippen LogP contribution in [0.2, 0.25) is 0 Å². The number of aromatic nitrogens is 3. The monoisotopic (exact) mass is 477 g/mol. The molecule has 2 heterocycles. The first-order chi connectivity index (χ1) is 16.3. The molecule has 4 rings (SSSR count). The molecule has 0 atom stereocenters. The Morgan fingerprint density at radius 1 is 1.12 bits per heavy atom. The van der Waals surface area contributed by atoms with Gasteiger partial charge in [-0.15, -0.1) is 11.3 Å². The van der Waals surface area contributed by atoms with E-state index in [1.807, 2.05) is 13.8 Å². The van der Waals surface area contributed by atoms with E-state index >= 15 is 0 Å². The molecular formula is C23H19N5O5S. The first-order valence-corrected chi connectivity index (χ1v) is 11.0. The summed E-state index contributed by atoms with van der Waals surface area (Å²) in [5.74, 6) is -0.474. The number of imidazole rings is 1. The Morgan fingerprint density at radius 3 is 2.56 bits per heavy atom. The molecule has 0 spiro atoms. The molecule has 0 unspecified atom stereocenters. The number of nitro groups is 1. The fraction of sp³-hybridized carbons (Fsp3) is 0.130. The minimum absolute atomic E-state index is 0.0505. The highest BCUT2D eigenvalue weighted by atomic mass is 32.1. The quantitative estimate of drug-likeness (QED) is 0.226. The number of benzene rings is 2. The minimum Gasteiger partial charge on any atom is -0.452 e. The molecule has 4 aromatic rings.